The van der Waals surface area contributed by atoms with Gasteiger partial charge in [-0.1, -0.05) is 0 Å². The number of amides is 3. The second-order valence-electron chi connectivity index (χ2n) is 7.68. The first-order valence-corrected chi connectivity index (χ1v) is 8.01. The Labute approximate surface area is 140 Å². The van der Waals surface area contributed by atoms with Crippen molar-refractivity contribution in [1.29, 1.82) is 0 Å². The van der Waals surface area contributed by atoms with Gasteiger partial charge >= 0.3 is 12.1 Å². The highest BCUT2D eigenvalue weighted by atomic mass is 16.6. The fourth-order valence-corrected chi connectivity index (χ4v) is 1.75. The lowest BCUT2D eigenvalue weighted by Crippen LogP contribution is -2.50. The van der Waals surface area contributed by atoms with Crippen molar-refractivity contribution in [3.63, 3.8) is 0 Å². The first-order valence-electron chi connectivity index (χ1n) is 8.01. The lowest BCUT2D eigenvalue weighted by molar-refractivity contribution is 0.00667. The van der Waals surface area contributed by atoms with Gasteiger partial charge in [-0.2, -0.15) is 0 Å². The van der Waals surface area contributed by atoms with E-state index in [1.807, 2.05) is 41.5 Å². The maximum atomic E-state index is 12.3. The number of carbonyl (C=O) groups is 2. The van der Waals surface area contributed by atoms with E-state index in [9.17, 15) is 9.59 Å². The Hall–Kier alpha value is -1.50. The smallest absolute Gasteiger partial charge is 0.410 e. The van der Waals surface area contributed by atoms with Crippen LogP contribution in [0.5, 0.6) is 0 Å². The van der Waals surface area contributed by atoms with Gasteiger partial charge in [-0.25, -0.2) is 9.59 Å². The predicted octanol–water partition coefficient (Wildman–Crippen LogP) is 1.88. The summed E-state index contributed by atoms with van der Waals surface area (Å²) in [6.07, 6.45) is -0.312. The minimum absolute atomic E-state index is 0.114. The van der Waals surface area contributed by atoms with Crippen molar-refractivity contribution in [3.05, 3.63) is 0 Å². The highest BCUT2D eigenvalue weighted by Gasteiger charge is 2.30. The number of carbonyl (C=O) groups excluding carboxylic acids is 2. The molecular formula is C16H34N4O3. The summed E-state index contributed by atoms with van der Waals surface area (Å²) in [5.41, 5.74) is -0.826. The molecule has 7 nitrogen and oxygen atoms in total. The van der Waals surface area contributed by atoms with Crippen LogP contribution in [0.4, 0.5) is 9.59 Å². The molecule has 0 aliphatic carbocycles. The van der Waals surface area contributed by atoms with E-state index in [4.69, 9.17) is 4.74 Å². The van der Waals surface area contributed by atoms with E-state index < -0.39 is 5.60 Å². The summed E-state index contributed by atoms with van der Waals surface area (Å²) in [5.74, 6) is 0. The van der Waals surface area contributed by atoms with E-state index >= 15 is 0 Å². The van der Waals surface area contributed by atoms with Gasteiger partial charge in [0.1, 0.15) is 5.60 Å². The molecule has 23 heavy (non-hydrogen) atoms. The van der Waals surface area contributed by atoms with Crippen LogP contribution in [-0.2, 0) is 4.74 Å². The predicted molar refractivity (Wildman–Crippen MR) is 92.6 cm³/mol. The van der Waals surface area contributed by atoms with Crippen molar-refractivity contribution in [2.45, 2.75) is 52.7 Å². The zero-order chi connectivity index (χ0) is 18.3. The molecule has 0 saturated carbocycles. The van der Waals surface area contributed by atoms with E-state index in [0.29, 0.717) is 26.2 Å². The molecule has 0 aliphatic rings. The minimum Gasteiger partial charge on any atom is -0.444 e. The molecule has 0 unspecified atom stereocenters. The Bertz CT molecular complexity index is 384. The molecule has 136 valence electrons. The van der Waals surface area contributed by atoms with Crippen LogP contribution in [0, 0.1) is 0 Å². The first-order chi connectivity index (χ1) is 10.3. The van der Waals surface area contributed by atoms with Crippen molar-refractivity contribution in [1.82, 2.24) is 20.4 Å². The molecule has 0 radical (unpaired) electrons. The van der Waals surface area contributed by atoms with Gasteiger partial charge < -0.3 is 25.2 Å². The van der Waals surface area contributed by atoms with Gasteiger partial charge in [0.05, 0.1) is 0 Å². The molecule has 7 heteroatoms. The third kappa shape index (κ3) is 9.99. The average molecular weight is 330 g/mol. The van der Waals surface area contributed by atoms with Gasteiger partial charge in [0.25, 0.3) is 0 Å². The number of urea groups is 1. The normalized spacial score (nSPS) is 11.8. The SMILES string of the molecule is CN(C)C(=O)NCCNCCN(C(=O)OC(C)(C)C)C(C)(C)C. The molecule has 0 aromatic heterocycles. The monoisotopic (exact) mass is 330 g/mol. The highest BCUT2D eigenvalue weighted by molar-refractivity contribution is 5.73. The van der Waals surface area contributed by atoms with Crippen molar-refractivity contribution in [2.75, 3.05) is 40.3 Å². The van der Waals surface area contributed by atoms with Gasteiger partial charge in [-0.3, -0.25) is 0 Å². The molecular weight excluding hydrogens is 296 g/mol. The summed E-state index contributed by atoms with van der Waals surface area (Å²) in [7, 11) is 3.40. The van der Waals surface area contributed by atoms with Crippen LogP contribution in [0.3, 0.4) is 0 Å². The molecule has 0 fully saturated rings. The zero-order valence-corrected chi connectivity index (χ0v) is 15.9. The largest absolute Gasteiger partial charge is 0.444 e. The van der Waals surface area contributed by atoms with Gasteiger partial charge in [0.2, 0.25) is 0 Å². The summed E-state index contributed by atoms with van der Waals surface area (Å²) in [4.78, 5) is 26.9. The standard InChI is InChI=1S/C16H34N4O3/c1-15(2,3)20(14(22)23-16(4,5)6)12-11-17-9-10-18-13(21)19(7)8/h17H,9-12H2,1-8H3,(H,18,21). The molecule has 2 N–H and O–H groups in total. The van der Waals surface area contributed by atoms with Crippen molar-refractivity contribution >= 4 is 12.1 Å². The van der Waals surface area contributed by atoms with Gasteiger partial charge in [0, 0.05) is 45.8 Å². The number of nitrogens with one attached hydrogen (secondary N) is 2. The Morgan fingerprint density at radius 2 is 1.52 bits per heavy atom. The van der Waals surface area contributed by atoms with E-state index in [2.05, 4.69) is 10.6 Å². The summed E-state index contributed by atoms with van der Waals surface area (Å²) in [6, 6.07) is -0.114. The molecule has 3 amide bonds. The Morgan fingerprint density at radius 1 is 0.957 bits per heavy atom. The molecule has 0 aliphatic heterocycles. The Kier molecular flexibility index (Phi) is 8.37. The van der Waals surface area contributed by atoms with Gasteiger partial charge in [0.15, 0.2) is 0 Å². The molecule has 0 rings (SSSR count). The van der Waals surface area contributed by atoms with E-state index in [1.54, 1.807) is 19.0 Å². The topological polar surface area (TPSA) is 73.9 Å². The number of ether oxygens (including phenoxy) is 1. The molecule has 0 bridgehead atoms. The second kappa shape index (κ2) is 8.96. The fraction of sp³-hybridized carbons (Fsp3) is 0.875. The lowest BCUT2D eigenvalue weighted by atomic mass is 10.1. The zero-order valence-electron chi connectivity index (χ0n) is 15.9. The van der Waals surface area contributed by atoms with Crippen molar-refractivity contribution in [2.24, 2.45) is 0 Å². The van der Waals surface area contributed by atoms with Crippen LogP contribution in [0.25, 0.3) is 0 Å². The minimum atomic E-state index is -0.509. The maximum absolute atomic E-state index is 12.3. The lowest BCUT2D eigenvalue weighted by Gasteiger charge is -2.36. The van der Waals surface area contributed by atoms with E-state index in [-0.39, 0.29) is 17.7 Å². The molecule has 0 atom stereocenters. The number of rotatable bonds is 6. The van der Waals surface area contributed by atoms with Gasteiger partial charge in [-0.15, -0.1) is 0 Å². The van der Waals surface area contributed by atoms with Crippen LogP contribution in [-0.4, -0.2) is 73.3 Å². The van der Waals surface area contributed by atoms with Crippen molar-refractivity contribution in [3.8, 4) is 0 Å². The van der Waals surface area contributed by atoms with Crippen LogP contribution in [0.15, 0.2) is 0 Å². The number of nitrogens with zero attached hydrogens (tertiary/aromatic N) is 2. The van der Waals surface area contributed by atoms with Gasteiger partial charge in [-0.05, 0) is 41.5 Å². The van der Waals surface area contributed by atoms with Crippen molar-refractivity contribution < 1.29 is 14.3 Å². The van der Waals surface area contributed by atoms with Crippen LogP contribution >= 0.6 is 0 Å². The maximum Gasteiger partial charge on any atom is 0.410 e. The van der Waals surface area contributed by atoms with E-state index in [1.165, 1.54) is 4.90 Å². The third-order valence-corrected chi connectivity index (χ3v) is 2.92. The number of hydrogen-bond acceptors (Lipinski definition) is 4. The molecule has 0 spiro atoms. The molecule has 0 heterocycles. The molecule has 0 aromatic carbocycles. The Morgan fingerprint density at radius 3 is 1.96 bits per heavy atom. The second-order valence-corrected chi connectivity index (χ2v) is 7.68. The highest BCUT2D eigenvalue weighted by Crippen LogP contribution is 2.17. The average Bonchev–Trinajstić information content (AvgIpc) is 2.33. The Balaban J connectivity index is 4.23. The van der Waals surface area contributed by atoms with E-state index in [0.717, 1.165) is 0 Å². The van der Waals surface area contributed by atoms with Crippen LogP contribution in [0.1, 0.15) is 41.5 Å². The van der Waals surface area contributed by atoms with Crippen LogP contribution < -0.4 is 10.6 Å². The summed E-state index contributed by atoms with van der Waals surface area (Å²) in [6.45, 7) is 13.9. The summed E-state index contributed by atoms with van der Waals surface area (Å²) < 4.78 is 5.46. The molecule has 0 saturated heterocycles. The summed E-state index contributed by atoms with van der Waals surface area (Å²) >= 11 is 0. The quantitative estimate of drug-likeness (QED) is 0.729. The molecule has 0 aromatic rings. The third-order valence-electron chi connectivity index (χ3n) is 2.92. The summed E-state index contributed by atoms with van der Waals surface area (Å²) in [5, 5.41) is 5.99. The van der Waals surface area contributed by atoms with Crippen LogP contribution in [0.2, 0.25) is 0 Å². The first kappa shape index (κ1) is 21.5. The number of hydrogen-bond donors (Lipinski definition) is 2. The fourth-order valence-electron chi connectivity index (χ4n) is 1.75.